The second-order valence-electron chi connectivity index (χ2n) is 4.16. The molecule has 0 aliphatic heterocycles. The van der Waals surface area contributed by atoms with E-state index in [1.807, 2.05) is 0 Å². The number of carbonyl (C=O) groups excluding carboxylic acids is 1. The van der Waals surface area contributed by atoms with Crippen molar-refractivity contribution < 1.29 is 9.18 Å². The van der Waals surface area contributed by atoms with Crippen LogP contribution in [-0.4, -0.2) is 17.9 Å². The molecule has 0 spiro atoms. The van der Waals surface area contributed by atoms with Gasteiger partial charge in [0, 0.05) is 13.2 Å². The fourth-order valence-corrected chi connectivity index (χ4v) is 1.76. The maximum Gasteiger partial charge on any atom is 0.231 e. The zero-order valence-electron chi connectivity index (χ0n) is 10.5. The zero-order valence-corrected chi connectivity index (χ0v) is 10.5. The summed E-state index contributed by atoms with van der Waals surface area (Å²) >= 11 is 0. The Balaban J connectivity index is 2.17. The number of carbonyl (C=O) groups is 1. The molecule has 19 heavy (non-hydrogen) atoms. The van der Waals surface area contributed by atoms with Gasteiger partial charge in [0.05, 0.1) is 24.0 Å². The van der Waals surface area contributed by atoms with E-state index in [-0.39, 0.29) is 18.1 Å². The number of nitrogens with two attached hydrogens (primary N) is 1. The van der Waals surface area contributed by atoms with Crippen molar-refractivity contribution in [1.29, 1.82) is 0 Å². The number of benzene rings is 1. The minimum atomic E-state index is -0.382. The number of pyridine rings is 1. The Labute approximate surface area is 110 Å². The van der Waals surface area contributed by atoms with E-state index in [9.17, 15) is 9.18 Å². The largest absolute Gasteiger partial charge is 0.396 e. The van der Waals surface area contributed by atoms with E-state index in [2.05, 4.69) is 4.98 Å². The van der Waals surface area contributed by atoms with Crippen LogP contribution in [0.25, 0.3) is 0 Å². The van der Waals surface area contributed by atoms with Crippen LogP contribution in [-0.2, 0) is 11.2 Å². The van der Waals surface area contributed by atoms with Crippen LogP contribution in [0.5, 0.6) is 0 Å². The van der Waals surface area contributed by atoms with E-state index in [0.717, 1.165) is 0 Å². The van der Waals surface area contributed by atoms with Gasteiger partial charge in [0.15, 0.2) is 0 Å². The van der Waals surface area contributed by atoms with Gasteiger partial charge in [-0.25, -0.2) is 4.39 Å². The second kappa shape index (κ2) is 5.48. The summed E-state index contributed by atoms with van der Waals surface area (Å²) in [6.07, 6.45) is 3.02. The van der Waals surface area contributed by atoms with Crippen LogP contribution in [0.4, 0.5) is 15.8 Å². The lowest BCUT2D eigenvalue weighted by Crippen LogP contribution is -2.28. The topological polar surface area (TPSA) is 59.2 Å². The number of amides is 1. The highest BCUT2D eigenvalue weighted by atomic mass is 19.1. The molecule has 2 rings (SSSR count). The monoisotopic (exact) mass is 259 g/mol. The van der Waals surface area contributed by atoms with Gasteiger partial charge < -0.3 is 10.6 Å². The fourth-order valence-electron chi connectivity index (χ4n) is 1.76. The average molecular weight is 259 g/mol. The van der Waals surface area contributed by atoms with Crippen LogP contribution in [0, 0.1) is 5.82 Å². The van der Waals surface area contributed by atoms with E-state index < -0.39 is 0 Å². The molecule has 2 aromatic rings. The molecule has 0 bridgehead atoms. The van der Waals surface area contributed by atoms with Gasteiger partial charge in [-0.2, -0.15) is 0 Å². The van der Waals surface area contributed by atoms with E-state index in [0.29, 0.717) is 16.9 Å². The van der Waals surface area contributed by atoms with Crippen molar-refractivity contribution in [1.82, 2.24) is 4.98 Å². The first-order chi connectivity index (χ1) is 9.09. The zero-order chi connectivity index (χ0) is 13.8. The van der Waals surface area contributed by atoms with Crippen LogP contribution in [0.15, 0.2) is 42.7 Å². The summed E-state index contributed by atoms with van der Waals surface area (Å²) < 4.78 is 13.5. The van der Waals surface area contributed by atoms with Crippen LogP contribution >= 0.6 is 0 Å². The van der Waals surface area contributed by atoms with E-state index in [1.54, 1.807) is 37.5 Å². The third-order valence-corrected chi connectivity index (χ3v) is 2.86. The lowest BCUT2D eigenvalue weighted by atomic mass is 10.1. The third kappa shape index (κ3) is 2.88. The lowest BCUT2D eigenvalue weighted by Gasteiger charge is -2.19. The van der Waals surface area contributed by atoms with Crippen LogP contribution in [0.2, 0.25) is 0 Å². The first-order valence-electron chi connectivity index (χ1n) is 5.79. The van der Waals surface area contributed by atoms with Gasteiger partial charge >= 0.3 is 0 Å². The molecule has 0 aliphatic carbocycles. The summed E-state index contributed by atoms with van der Waals surface area (Å²) in [7, 11) is 1.61. The van der Waals surface area contributed by atoms with Gasteiger partial charge in [-0.15, -0.1) is 0 Å². The van der Waals surface area contributed by atoms with Crippen molar-refractivity contribution in [3.63, 3.8) is 0 Å². The summed E-state index contributed by atoms with van der Waals surface area (Å²) in [6.45, 7) is 0. The Kier molecular flexibility index (Phi) is 3.75. The fraction of sp³-hybridized carbons (Fsp3) is 0.143. The molecule has 2 N–H and O–H groups in total. The molecular weight excluding hydrogens is 245 g/mol. The minimum Gasteiger partial charge on any atom is -0.396 e. The smallest absolute Gasteiger partial charge is 0.231 e. The number of likely N-dealkylation sites (N-methyl/N-ethyl adjacent to an activating group) is 1. The molecule has 0 unspecified atom stereocenters. The molecule has 0 aliphatic rings. The number of rotatable bonds is 3. The molecule has 0 fully saturated rings. The van der Waals surface area contributed by atoms with Crippen LogP contribution < -0.4 is 10.6 Å². The van der Waals surface area contributed by atoms with Crippen molar-refractivity contribution in [3.8, 4) is 0 Å². The number of nitrogens with zero attached hydrogens (tertiary/aromatic N) is 2. The average Bonchev–Trinajstić information content (AvgIpc) is 2.41. The van der Waals surface area contributed by atoms with Crippen molar-refractivity contribution in [2.75, 3.05) is 17.7 Å². The van der Waals surface area contributed by atoms with Gasteiger partial charge in [0.2, 0.25) is 5.91 Å². The molecule has 1 amide bonds. The summed E-state index contributed by atoms with van der Waals surface area (Å²) in [4.78, 5) is 17.4. The molecule has 0 saturated carbocycles. The van der Waals surface area contributed by atoms with Crippen molar-refractivity contribution in [2.45, 2.75) is 6.42 Å². The Morgan fingerprint density at radius 1 is 1.37 bits per heavy atom. The molecule has 1 aromatic carbocycles. The summed E-state index contributed by atoms with van der Waals surface area (Å²) in [6, 6.07) is 7.87. The van der Waals surface area contributed by atoms with Gasteiger partial charge in [-0.05, 0) is 17.7 Å². The summed E-state index contributed by atoms with van der Waals surface area (Å²) in [5, 5.41) is 0. The summed E-state index contributed by atoms with van der Waals surface area (Å²) in [5.74, 6) is -0.616. The molecule has 0 atom stereocenters. The molecule has 98 valence electrons. The highest BCUT2D eigenvalue weighted by Crippen LogP contribution is 2.21. The summed E-state index contributed by atoms with van der Waals surface area (Å²) in [5.41, 5.74) is 7.09. The van der Waals surface area contributed by atoms with Crippen molar-refractivity contribution >= 4 is 17.3 Å². The minimum absolute atomic E-state index is 0.00899. The molecule has 1 heterocycles. The van der Waals surface area contributed by atoms with E-state index in [1.165, 1.54) is 17.2 Å². The Morgan fingerprint density at radius 2 is 2.11 bits per heavy atom. The maximum absolute atomic E-state index is 13.5. The SMILES string of the molecule is CN(C(=O)Cc1ccccc1F)c1ccncc1N. The maximum atomic E-state index is 13.5. The predicted molar refractivity (Wildman–Crippen MR) is 72.2 cm³/mol. The lowest BCUT2D eigenvalue weighted by molar-refractivity contribution is -0.117. The van der Waals surface area contributed by atoms with Gasteiger partial charge in [-0.1, -0.05) is 18.2 Å². The Morgan fingerprint density at radius 3 is 2.79 bits per heavy atom. The molecular formula is C14H14FN3O. The highest BCUT2D eigenvalue weighted by molar-refractivity contribution is 5.96. The predicted octanol–water partition coefficient (Wildman–Crippen LogP) is 2.01. The van der Waals surface area contributed by atoms with Crippen molar-refractivity contribution in [2.24, 2.45) is 0 Å². The van der Waals surface area contributed by atoms with Crippen LogP contribution in [0.3, 0.4) is 0 Å². The van der Waals surface area contributed by atoms with Gasteiger partial charge in [0.25, 0.3) is 0 Å². The first-order valence-corrected chi connectivity index (χ1v) is 5.79. The van der Waals surface area contributed by atoms with Gasteiger partial charge in [0.1, 0.15) is 5.82 Å². The number of anilines is 2. The Bertz CT molecular complexity index is 601. The van der Waals surface area contributed by atoms with E-state index in [4.69, 9.17) is 5.73 Å². The van der Waals surface area contributed by atoms with Crippen molar-refractivity contribution in [3.05, 3.63) is 54.1 Å². The second-order valence-corrected chi connectivity index (χ2v) is 4.16. The Hall–Kier alpha value is -2.43. The molecule has 0 saturated heterocycles. The molecule has 0 radical (unpaired) electrons. The molecule has 5 heteroatoms. The van der Waals surface area contributed by atoms with E-state index >= 15 is 0 Å². The molecule has 1 aromatic heterocycles. The molecule has 4 nitrogen and oxygen atoms in total. The number of nitrogen functional groups attached to an aromatic ring is 1. The van der Waals surface area contributed by atoms with Gasteiger partial charge in [-0.3, -0.25) is 9.78 Å². The van der Waals surface area contributed by atoms with Crippen LogP contribution in [0.1, 0.15) is 5.56 Å². The number of halogens is 1. The third-order valence-electron chi connectivity index (χ3n) is 2.86. The first kappa shape index (κ1) is 13.0. The standard InChI is InChI=1S/C14H14FN3O/c1-18(13-6-7-17-9-12(13)16)14(19)8-10-4-2-3-5-11(10)15/h2-7,9H,8,16H2,1H3. The number of hydrogen-bond donors (Lipinski definition) is 1. The number of aromatic nitrogens is 1. The highest BCUT2D eigenvalue weighted by Gasteiger charge is 2.15. The normalized spacial score (nSPS) is 10.2. The quantitative estimate of drug-likeness (QED) is 0.917. The number of hydrogen-bond acceptors (Lipinski definition) is 3.